The standard InChI is InChI=1S/C9H14O3S/c1-7-4-5-9(3,8(2)6-7)13(10,11)12/h4,6H,5H2,1-3H3,(H,10,11,12). The summed E-state index contributed by atoms with van der Waals surface area (Å²) in [5, 5.41) is 0. The van der Waals surface area contributed by atoms with Crippen LogP contribution in [-0.4, -0.2) is 17.7 Å². The van der Waals surface area contributed by atoms with Crippen LogP contribution in [0.2, 0.25) is 0 Å². The van der Waals surface area contributed by atoms with Gasteiger partial charge in [-0.1, -0.05) is 17.7 Å². The molecule has 0 fully saturated rings. The van der Waals surface area contributed by atoms with E-state index in [0.29, 0.717) is 12.0 Å². The topological polar surface area (TPSA) is 54.4 Å². The SMILES string of the molecule is CC1=CCC(C)(S(=O)(=O)O)C(C)=C1. The van der Waals surface area contributed by atoms with Crippen LogP contribution in [-0.2, 0) is 10.1 Å². The molecule has 1 rings (SSSR count). The van der Waals surface area contributed by atoms with Crippen LogP contribution >= 0.6 is 0 Å². The molecule has 0 saturated carbocycles. The van der Waals surface area contributed by atoms with Gasteiger partial charge in [0.1, 0.15) is 4.75 Å². The van der Waals surface area contributed by atoms with Gasteiger partial charge in [0.25, 0.3) is 10.1 Å². The molecule has 1 N–H and O–H groups in total. The van der Waals surface area contributed by atoms with Crippen molar-refractivity contribution in [3.63, 3.8) is 0 Å². The second-order valence-electron chi connectivity index (χ2n) is 3.69. The van der Waals surface area contributed by atoms with Crippen molar-refractivity contribution in [3.05, 3.63) is 23.3 Å². The zero-order valence-electron chi connectivity index (χ0n) is 8.03. The lowest BCUT2D eigenvalue weighted by Gasteiger charge is -2.29. The van der Waals surface area contributed by atoms with Crippen molar-refractivity contribution in [1.29, 1.82) is 0 Å². The van der Waals surface area contributed by atoms with Crippen LogP contribution in [0.25, 0.3) is 0 Å². The minimum Gasteiger partial charge on any atom is -0.285 e. The molecule has 0 aromatic carbocycles. The van der Waals surface area contributed by atoms with E-state index >= 15 is 0 Å². The van der Waals surface area contributed by atoms with Gasteiger partial charge < -0.3 is 0 Å². The van der Waals surface area contributed by atoms with Gasteiger partial charge in [-0.25, -0.2) is 0 Å². The first-order valence-electron chi connectivity index (χ1n) is 4.10. The van der Waals surface area contributed by atoms with E-state index in [2.05, 4.69) is 0 Å². The van der Waals surface area contributed by atoms with Gasteiger partial charge in [0, 0.05) is 0 Å². The molecule has 0 aromatic heterocycles. The molecule has 1 unspecified atom stereocenters. The highest BCUT2D eigenvalue weighted by atomic mass is 32.2. The second-order valence-corrected chi connectivity index (χ2v) is 5.54. The minimum absolute atomic E-state index is 0.347. The molecule has 1 aliphatic carbocycles. The van der Waals surface area contributed by atoms with Crippen molar-refractivity contribution in [2.75, 3.05) is 0 Å². The number of hydrogen-bond donors (Lipinski definition) is 1. The summed E-state index contributed by atoms with van der Waals surface area (Å²) in [6.07, 6.45) is 3.96. The molecular weight excluding hydrogens is 188 g/mol. The predicted octanol–water partition coefficient (Wildman–Crippen LogP) is 1.93. The predicted molar refractivity (Wildman–Crippen MR) is 52.1 cm³/mol. The third kappa shape index (κ3) is 1.69. The normalized spacial score (nSPS) is 29.5. The fraction of sp³-hybridized carbons (Fsp3) is 0.556. The Morgan fingerprint density at radius 1 is 1.46 bits per heavy atom. The summed E-state index contributed by atoms with van der Waals surface area (Å²) in [6, 6.07) is 0. The largest absolute Gasteiger partial charge is 0.285 e. The van der Waals surface area contributed by atoms with Crippen molar-refractivity contribution in [2.24, 2.45) is 0 Å². The summed E-state index contributed by atoms with van der Waals surface area (Å²) in [6.45, 7) is 5.18. The van der Waals surface area contributed by atoms with E-state index in [1.54, 1.807) is 13.0 Å². The lowest BCUT2D eigenvalue weighted by Crippen LogP contribution is -2.37. The Morgan fingerprint density at radius 3 is 2.38 bits per heavy atom. The van der Waals surface area contributed by atoms with E-state index < -0.39 is 14.9 Å². The number of allylic oxidation sites excluding steroid dienone is 3. The van der Waals surface area contributed by atoms with Gasteiger partial charge in [0.2, 0.25) is 0 Å². The van der Waals surface area contributed by atoms with Crippen LogP contribution < -0.4 is 0 Å². The Bertz CT molecular complexity index is 376. The van der Waals surface area contributed by atoms with Gasteiger partial charge in [0.05, 0.1) is 0 Å². The summed E-state index contributed by atoms with van der Waals surface area (Å²) < 4.78 is 30.1. The average Bonchev–Trinajstić information content (AvgIpc) is 1.95. The molecule has 74 valence electrons. The Kier molecular flexibility index (Phi) is 2.38. The Labute approximate surface area is 78.9 Å². The van der Waals surface area contributed by atoms with Crippen LogP contribution in [0.1, 0.15) is 27.2 Å². The Morgan fingerprint density at radius 2 is 2.00 bits per heavy atom. The lowest BCUT2D eigenvalue weighted by molar-refractivity contribution is 0.447. The summed E-state index contributed by atoms with van der Waals surface area (Å²) in [5.74, 6) is 0. The van der Waals surface area contributed by atoms with E-state index in [9.17, 15) is 8.42 Å². The first-order chi connectivity index (χ1) is 5.77. The Hall–Kier alpha value is -0.610. The highest BCUT2D eigenvalue weighted by Gasteiger charge is 2.39. The van der Waals surface area contributed by atoms with Gasteiger partial charge in [0.15, 0.2) is 0 Å². The smallest absolute Gasteiger partial charge is 0.274 e. The van der Waals surface area contributed by atoms with E-state index in [4.69, 9.17) is 4.55 Å². The van der Waals surface area contributed by atoms with E-state index in [0.717, 1.165) is 5.57 Å². The van der Waals surface area contributed by atoms with E-state index in [1.165, 1.54) is 6.92 Å². The van der Waals surface area contributed by atoms with Crippen molar-refractivity contribution in [2.45, 2.75) is 31.9 Å². The zero-order valence-corrected chi connectivity index (χ0v) is 8.85. The molecule has 0 aliphatic heterocycles. The van der Waals surface area contributed by atoms with Crippen LogP contribution in [0.3, 0.4) is 0 Å². The molecule has 1 aliphatic rings. The number of rotatable bonds is 1. The first-order valence-corrected chi connectivity index (χ1v) is 5.54. The van der Waals surface area contributed by atoms with Gasteiger partial charge in [-0.2, -0.15) is 8.42 Å². The fourth-order valence-corrected chi connectivity index (χ4v) is 2.14. The van der Waals surface area contributed by atoms with Crippen LogP contribution in [0.4, 0.5) is 0 Å². The fourth-order valence-electron chi connectivity index (χ4n) is 1.38. The summed E-state index contributed by atoms with van der Waals surface area (Å²) in [7, 11) is -4.01. The second kappa shape index (κ2) is 2.96. The summed E-state index contributed by atoms with van der Waals surface area (Å²) in [4.78, 5) is 0. The number of hydrogen-bond acceptors (Lipinski definition) is 2. The summed E-state index contributed by atoms with van der Waals surface area (Å²) in [5.41, 5.74) is 1.73. The van der Waals surface area contributed by atoms with E-state index in [1.807, 2.05) is 13.0 Å². The van der Waals surface area contributed by atoms with Crippen LogP contribution in [0.5, 0.6) is 0 Å². The molecule has 0 heterocycles. The minimum atomic E-state index is -4.01. The maximum Gasteiger partial charge on any atom is 0.274 e. The summed E-state index contributed by atoms with van der Waals surface area (Å²) >= 11 is 0. The molecule has 0 amide bonds. The van der Waals surface area contributed by atoms with Crippen molar-refractivity contribution < 1.29 is 13.0 Å². The quantitative estimate of drug-likeness (QED) is 0.661. The van der Waals surface area contributed by atoms with Crippen LogP contribution in [0.15, 0.2) is 23.3 Å². The monoisotopic (exact) mass is 202 g/mol. The molecular formula is C9H14O3S. The van der Waals surface area contributed by atoms with Gasteiger partial charge in [-0.05, 0) is 32.8 Å². The zero-order chi connectivity index (χ0) is 10.3. The lowest BCUT2D eigenvalue weighted by atomic mass is 9.90. The molecule has 0 saturated heterocycles. The molecule has 4 heteroatoms. The third-order valence-corrected chi connectivity index (χ3v) is 4.29. The highest BCUT2D eigenvalue weighted by molar-refractivity contribution is 7.87. The van der Waals surface area contributed by atoms with E-state index in [-0.39, 0.29) is 0 Å². The Balaban J connectivity index is 3.20. The van der Waals surface area contributed by atoms with Crippen molar-refractivity contribution in [1.82, 2.24) is 0 Å². The van der Waals surface area contributed by atoms with Gasteiger partial charge >= 0.3 is 0 Å². The average molecular weight is 202 g/mol. The maximum atomic E-state index is 11.1. The van der Waals surface area contributed by atoms with Crippen molar-refractivity contribution in [3.8, 4) is 0 Å². The molecule has 0 radical (unpaired) electrons. The highest BCUT2D eigenvalue weighted by Crippen LogP contribution is 2.34. The van der Waals surface area contributed by atoms with Gasteiger partial charge in [-0.15, -0.1) is 0 Å². The third-order valence-electron chi connectivity index (χ3n) is 2.66. The molecule has 0 aromatic rings. The molecule has 3 nitrogen and oxygen atoms in total. The molecule has 0 bridgehead atoms. The van der Waals surface area contributed by atoms with Gasteiger partial charge in [-0.3, -0.25) is 4.55 Å². The maximum absolute atomic E-state index is 11.1. The molecule has 13 heavy (non-hydrogen) atoms. The molecule has 0 spiro atoms. The van der Waals surface area contributed by atoms with Crippen molar-refractivity contribution >= 4 is 10.1 Å². The van der Waals surface area contributed by atoms with Crippen LogP contribution in [0, 0.1) is 0 Å². The molecule has 1 atom stereocenters. The first kappa shape index (κ1) is 10.5.